The molecule has 4 aromatic rings. The van der Waals surface area contributed by atoms with Crippen molar-refractivity contribution >= 4 is 22.9 Å². The van der Waals surface area contributed by atoms with Crippen LogP contribution in [0.25, 0.3) is 5.57 Å². The van der Waals surface area contributed by atoms with Crippen LogP contribution in [0.1, 0.15) is 71.8 Å². The van der Waals surface area contributed by atoms with Crippen LogP contribution >= 0.6 is 0 Å². The first-order chi connectivity index (χ1) is 21.7. The van der Waals surface area contributed by atoms with Crippen molar-refractivity contribution in [3.05, 3.63) is 142 Å². The number of anilines is 1. The summed E-state index contributed by atoms with van der Waals surface area (Å²) < 4.78 is 28.6. The molecule has 1 N–H and O–H groups in total. The van der Waals surface area contributed by atoms with Crippen LogP contribution in [0.15, 0.2) is 97.1 Å². The number of allylic oxidation sites excluding steroid dienone is 2. The van der Waals surface area contributed by atoms with Gasteiger partial charge in [0.2, 0.25) is 0 Å². The summed E-state index contributed by atoms with van der Waals surface area (Å²) in [6, 6.07) is 27.0. The van der Waals surface area contributed by atoms with Gasteiger partial charge in [0, 0.05) is 48.1 Å². The monoisotopic (exact) mass is 605 g/mol. The van der Waals surface area contributed by atoms with E-state index >= 15 is 0 Å². The van der Waals surface area contributed by atoms with E-state index in [1.54, 1.807) is 42.5 Å². The fraction of sp³-hybridized carbons (Fsp3) is 0.282. The van der Waals surface area contributed by atoms with E-state index in [2.05, 4.69) is 30.9 Å². The molecule has 1 amide bonds. The molecule has 1 fully saturated rings. The normalized spacial score (nSPS) is 14.7. The maximum atomic E-state index is 14.5. The quantitative estimate of drug-likeness (QED) is 0.194. The number of aryl methyl sites for hydroxylation is 1. The van der Waals surface area contributed by atoms with Crippen molar-refractivity contribution in [1.82, 2.24) is 4.90 Å². The van der Waals surface area contributed by atoms with Crippen LogP contribution in [0.5, 0.6) is 0 Å². The highest BCUT2D eigenvalue weighted by atomic mass is 19.1. The molecule has 0 aromatic heterocycles. The van der Waals surface area contributed by atoms with E-state index < -0.39 is 5.82 Å². The molecular weight excluding hydrogens is 564 g/mol. The average molecular weight is 606 g/mol. The third kappa shape index (κ3) is 7.06. The summed E-state index contributed by atoms with van der Waals surface area (Å²) in [6.45, 7) is 10.1. The Bertz CT molecular complexity index is 1720. The molecule has 6 heteroatoms. The molecule has 0 radical (unpaired) electrons. The molecule has 1 atom stereocenters. The maximum absolute atomic E-state index is 14.5. The van der Waals surface area contributed by atoms with Gasteiger partial charge in [-0.15, -0.1) is 0 Å². The summed E-state index contributed by atoms with van der Waals surface area (Å²) in [5.41, 5.74) is 6.40. The van der Waals surface area contributed by atoms with Crippen LogP contribution in [-0.4, -0.2) is 35.7 Å². The molecule has 1 heterocycles. The molecule has 4 nitrogen and oxygen atoms in total. The average Bonchev–Trinajstić information content (AvgIpc) is 3.06. The second-order valence-electron chi connectivity index (χ2n) is 12.0. The molecule has 0 saturated carbocycles. The first-order valence-electron chi connectivity index (χ1n) is 15.6. The number of piperidine rings is 1. The zero-order valence-electron chi connectivity index (χ0n) is 26.5. The van der Waals surface area contributed by atoms with Gasteiger partial charge in [-0.3, -0.25) is 10.2 Å². The second-order valence-corrected chi connectivity index (χ2v) is 12.0. The van der Waals surface area contributed by atoms with Gasteiger partial charge in [-0.05, 0) is 111 Å². The lowest BCUT2D eigenvalue weighted by atomic mass is 9.88. The summed E-state index contributed by atoms with van der Waals surface area (Å²) in [4.78, 5) is 18.1. The van der Waals surface area contributed by atoms with Gasteiger partial charge in [-0.1, -0.05) is 54.6 Å². The molecule has 1 aliphatic heterocycles. The van der Waals surface area contributed by atoms with E-state index in [1.165, 1.54) is 17.7 Å². The van der Waals surface area contributed by atoms with Gasteiger partial charge in [0.05, 0.1) is 5.71 Å². The molecule has 5 rings (SSSR count). The van der Waals surface area contributed by atoms with Crippen LogP contribution in [-0.2, 0) is 6.54 Å². The standard InChI is InChI=1S/C39H41F2N3O/c1-5-26(2)35-24-31(17-18-33(35)38(42)34-14-7-8-15-36(34)41)39(45)43-21-19-30(20-22-43)28(4)44(37-16-9-6-11-27(37)3)25-29-12-10-13-32(40)23-29/h5-18,23-24,28,30,42H,19-22,25H2,1-4H3/b26-5+,42-38?. The third-order valence-corrected chi connectivity index (χ3v) is 9.20. The molecule has 1 aliphatic rings. The van der Waals surface area contributed by atoms with Crippen LogP contribution in [0.4, 0.5) is 14.5 Å². The SMILES string of the molecule is C/C=C(\C)c1cc(C(=O)N2CCC(C(C)N(Cc3cccc(F)c3)c3ccccc3C)CC2)ccc1C(=N)c1ccccc1F. The van der Waals surface area contributed by atoms with E-state index in [1.807, 2.05) is 49.1 Å². The van der Waals surface area contributed by atoms with Crippen molar-refractivity contribution in [2.75, 3.05) is 18.0 Å². The van der Waals surface area contributed by atoms with Crippen LogP contribution in [0.2, 0.25) is 0 Å². The van der Waals surface area contributed by atoms with Gasteiger partial charge in [0.15, 0.2) is 0 Å². The summed E-state index contributed by atoms with van der Waals surface area (Å²) in [7, 11) is 0. The van der Waals surface area contributed by atoms with Crippen LogP contribution in [0, 0.1) is 29.9 Å². The van der Waals surface area contributed by atoms with E-state index in [9.17, 15) is 13.6 Å². The number of carbonyl (C=O) groups excluding carboxylic acids is 1. The van der Waals surface area contributed by atoms with Gasteiger partial charge in [0.25, 0.3) is 5.91 Å². The number of amides is 1. The molecular formula is C39H41F2N3O. The summed E-state index contributed by atoms with van der Waals surface area (Å²) in [6.07, 6.45) is 3.66. The second kappa shape index (κ2) is 14.0. The first kappa shape index (κ1) is 31.8. The highest BCUT2D eigenvalue weighted by molar-refractivity contribution is 6.14. The lowest BCUT2D eigenvalue weighted by Crippen LogP contribution is -2.46. The lowest BCUT2D eigenvalue weighted by molar-refractivity contribution is 0.0679. The molecule has 0 bridgehead atoms. The smallest absolute Gasteiger partial charge is 0.253 e. The molecule has 1 unspecified atom stereocenters. The summed E-state index contributed by atoms with van der Waals surface area (Å²) >= 11 is 0. The number of nitrogens with one attached hydrogen (secondary N) is 1. The van der Waals surface area contributed by atoms with E-state index in [0.717, 1.165) is 35.2 Å². The predicted octanol–water partition coefficient (Wildman–Crippen LogP) is 9.06. The van der Waals surface area contributed by atoms with Crippen molar-refractivity contribution < 1.29 is 13.6 Å². The van der Waals surface area contributed by atoms with E-state index in [0.29, 0.717) is 36.7 Å². The minimum absolute atomic E-state index is 0.0363. The topological polar surface area (TPSA) is 47.4 Å². The molecule has 45 heavy (non-hydrogen) atoms. The Balaban J connectivity index is 1.33. The van der Waals surface area contributed by atoms with Crippen molar-refractivity contribution in [3.8, 4) is 0 Å². The lowest BCUT2D eigenvalue weighted by Gasteiger charge is -2.41. The van der Waals surface area contributed by atoms with Gasteiger partial charge in [0.1, 0.15) is 11.6 Å². The Kier molecular flexibility index (Phi) is 9.92. The number of benzene rings is 4. The zero-order valence-corrected chi connectivity index (χ0v) is 26.5. The number of likely N-dealkylation sites (tertiary alicyclic amines) is 1. The molecule has 1 saturated heterocycles. The van der Waals surface area contributed by atoms with Crippen molar-refractivity contribution in [1.29, 1.82) is 5.41 Å². The number of rotatable bonds is 9. The van der Waals surface area contributed by atoms with Gasteiger partial charge in [-0.25, -0.2) is 8.78 Å². The highest BCUT2D eigenvalue weighted by Gasteiger charge is 2.31. The summed E-state index contributed by atoms with van der Waals surface area (Å²) in [5.74, 6) is -0.361. The van der Waals surface area contributed by atoms with Gasteiger partial charge >= 0.3 is 0 Å². The highest BCUT2D eigenvalue weighted by Crippen LogP contribution is 2.32. The predicted molar refractivity (Wildman–Crippen MR) is 180 cm³/mol. The fourth-order valence-electron chi connectivity index (χ4n) is 6.37. The van der Waals surface area contributed by atoms with E-state index in [-0.39, 0.29) is 29.0 Å². The Morgan fingerprint density at radius 2 is 1.64 bits per heavy atom. The Morgan fingerprint density at radius 3 is 2.33 bits per heavy atom. The number of nitrogens with zero attached hydrogens (tertiary/aromatic N) is 2. The largest absolute Gasteiger partial charge is 0.364 e. The first-order valence-corrected chi connectivity index (χ1v) is 15.6. The molecule has 0 spiro atoms. The van der Waals surface area contributed by atoms with Crippen molar-refractivity contribution in [2.45, 2.75) is 53.1 Å². The summed E-state index contributed by atoms with van der Waals surface area (Å²) in [5, 5.41) is 8.76. The minimum atomic E-state index is -0.444. The number of hydrogen-bond acceptors (Lipinski definition) is 3. The van der Waals surface area contributed by atoms with Crippen LogP contribution in [0.3, 0.4) is 0 Å². The Morgan fingerprint density at radius 1 is 0.933 bits per heavy atom. The van der Waals surface area contributed by atoms with Crippen molar-refractivity contribution in [2.24, 2.45) is 5.92 Å². The van der Waals surface area contributed by atoms with E-state index in [4.69, 9.17) is 5.41 Å². The zero-order chi connectivity index (χ0) is 32.1. The number of carbonyl (C=O) groups is 1. The molecule has 232 valence electrons. The minimum Gasteiger partial charge on any atom is -0.364 e. The molecule has 4 aromatic carbocycles. The van der Waals surface area contributed by atoms with Crippen molar-refractivity contribution in [3.63, 3.8) is 0 Å². The number of hydrogen-bond donors (Lipinski definition) is 1. The Labute approximate surface area is 265 Å². The van der Waals surface area contributed by atoms with Gasteiger partial charge in [-0.2, -0.15) is 0 Å². The Hall–Kier alpha value is -4.58. The maximum Gasteiger partial charge on any atom is 0.253 e. The number of halogens is 2. The fourth-order valence-corrected chi connectivity index (χ4v) is 6.37. The molecule has 0 aliphatic carbocycles. The third-order valence-electron chi connectivity index (χ3n) is 9.20. The van der Waals surface area contributed by atoms with Gasteiger partial charge < -0.3 is 9.80 Å². The van der Waals surface area contributed by atoms with Crippen LogP contribution < -0.4 is 4.90 Å². The number of para-hydroxylation sites is 1.